The van der Waals surface area contributed by atoms with Crippen molar-refractivity contribution in [2.75, 3.05) is 0 Å². The first-order chi connectivity index (χ1) is 11.0. The van der Waals surface area contributed by atoms with Gasteiger partial charge in [-0.15, -0.1) is 0 Å². The average Bonchev–Trinajstić information content (AvgIpc) is 2.53. The standard InChI is InChI=1S/C22H21Br/c1-14-11-16(3)19-7-5-6-8-20(19)21-10-9-18(23)13-22(21)17(4)12-15(14)2/h5-10,12-14H,3-4,11H2,1-2H3/b15-12-/t14-/m0/s1. The van der Waals surface area contributed by atoms with Crippen LogP contribution in [0.2, 0.25) is 0 Å². The molecule has 116 valence electrons. The molecular formula is C22H21Br. The van der Waals surface area contributed by atoms with E-state index in [0.29, 0.717) is 5.92 Å². The third-order valence-corrected chi connectivity index (χ3v) is 5.15. The fraction of sp³-hybridized carbons (Fsp3) is 0.182. The van der Waals surface area contributed by atoms with Crippen molar-refractivity contribution in [1.29, 1.82) is 0 Å². The number of halogens is 1. The number of fused-ring (bicyclic) bond motifs is 3. The summed E-state index contributed by atoms with van der Waals surface area (Å²) in [7, 11) is 0. The van der Waals surface area contributed by atoms with Gasteiger partial charge in [0.2, 0.25) is 0 Å². The van der Waals surface area contributed by atoms with Gasteiger partial charge in [-0.1, -0.05) is 78.0 Å². The van der Waals surface area contributed by atoms with Crippen LogP contribution >= 0.6 is 15.9 Å². The second-order valence-electron chi connectivity index (χ2n) is 6.36. The molecule has 0 fully saturated rings. The van der Waals surface area contributed by atoms with Gasteiger partial charge in [0.05, 0.1) is 0 Å². The minimum atomic E-state index is 0.459. The van der Waals surface area contributed by atoms with E-state index in [9.17, 15) is 0 Å². The first kappa shape index (κ1) is 16.0. The molecule has 0 saturated heterocycles. The predicted molar refractivity (Wildman–Crippen MR) is 105 cm³/mol. The molecule has 0 radical (unpaired) electrons. The van der Waals surface area contributed by atoms with Crippen LogP contribution in [-0.4, -0.2) is 0 Å². The zero-order chi connectivity index (χ0) is 16.6. The fourth-order valence-electron chi connectivity index (χ4n) is 3.18. The van der Waals surface area contributed by atoms with Gasteiger partial charge in [-0.3, -0.25) is 0 Å². The molecule has 0 nitrogen and oxygen atoms in total. The molecule has 0 amide bonds. The summed E-state index contributed by atoms with van der Waals surface area (Å²) < 4.78 is 1.07. The second-order valence-corrected chi connectivity index (χ2v) is 7.27. The molecule has 0 bridgehead atoms. The van der Waals surface area contributed by atoms with Crippen LogP contribution in [0.4, 0.5) is 0 Å². The summed E-state index contributed by atoms with van der Waals surface area (Å²) in [6, 6.07) is 15.0. The number of benzene rings is 2. The van der Waals surface area contributed by atoms with E-state index in [2.05, 4.69) is 91.5 Å². The highest BCUT2D eigenvalue weighted by Gasteiger charge is 2.17. The van der Waals surface area contributed by atoms with Gasteiger partial charge in [0.15, 0.2) is 0 Å². The van der Waals surface area contributed by atoms with Crippen LogP contribution in [0.25, 0.3) is 22.3 Å². The Labute approximate surface area is 147 Å². The molecule has 0 heterocycles. The van der Waals surface area contributed by atoms with E-state index in [1.54, 1.807) is 0 Å². The van der Waals surface area contributed by atoms with E-state index >= 15 is 0 Å². The van der Waals surface area contributed by atoms with E-state index in [1.165, 1.54) is 33.4 Å². The van der Waals surface area contributed by atoms with Gasteiger partial charge in [-0.05, 0) is 64.8 Å². The molecular weight excluding hydrogens is 344 g/mol. The SMILES string of the molecule is C=C1/C=C(/C)[C@@H](C)CC(=C)c2ccccc2-c2ccc(Br)cc21. The van der Waals surface area contributed by atoms with E-state index in [1.807, 2.05) is 0 Å². The number of rotatable bonds is 0. The van der Waals surface area contributed by atoms with Crippen LogP contribution in [0, 0.1) is 5.92 Å². The second kappa shape index (κ2) is 6.33. The highest BCUT2D eigenvalue weighted by Crippen LogP contribution is 2.39. The zero-order valence-electron chi connectivity index (χ0n) is 13.7. The smallest absolute Gasteiger partial charge is 0.0181 e. The quantitative estimate of drug-likeness (QED) is 0.466. The Hall–Kier alpha value is -1.86. The van der Waals surface area contributed by atoms with Crippen molar-refractivity contribution in [1.82, 2.24) is 0 Å². The third kappa shape index (κ3) is 3.11. The molecule has 3 rings (SSSR count). The van der Waals surface area contributed by atoms with Crippen molar-refractivity contribution >= 4 is 27.1 Å². The van der Waals surface area contributed by atoms with Crippen LogP contribution in [-0.2, 0) is 0 Å². The van der Waals surface area contributed by atoms with Crippen LogP contribution in [0.15, 0.2) is 71.7 Å². The summed E-state index contributed by atoms with van der Waals surface area (Å²) in [5.74, 6) is 0.459. The lowest BCUT2D eigenvalue weighted by molar-refractivity contribution is 0.706. The highest BCUT2D eigenvalue weighted by molar-refractivity contribution is 9.10. The molecule has 0 spiro atoms. The van der Waals surface area contributed by atoms with Crippen molar-refractivity contribution in [2.45, 2.75) is 20.3 Å². The maximum Gasteiger partial charge on any atom is 0.0181 e. The van der Waals surface area contributed by atoms with Gasteiger partial charge in [0, 0.05) is 4.47 Å². The summed E-state index contributed by atoms with van der Waals surface area (Å²) in [6.45, 7) is 13.1. The molecule has 1 aliphatic rings. The Morgan fingerprint density at radius 2 is 1.61 bits per heavy atom. The van der Waals surface area contributed by atoms with Crippen molar-refractivity contribution in [2.24, 2.45) is 5.92 Å². The van der Waals surface area contributed by atoms with Gasteiger partial charge in [-0.2, -0.15) is 0 Å². The molecule has 0 aliphatic heterocycles. The van der Waals surface area contributed by atoms with E-state index < -0.39 is 0 Å². The monoisotopic (exact) mass is 364 g/mol. The lowest BCUT2D eigenvalue weighted by Gasteiger charge is -2.22. The molecule has 2 aromatic rings. The summed E-state index contributed by atoms with van der Waals surface area (Å²) >= 11 is 3.60. The summed E-state index contributed by atoms with van der Waals surface area (Å²) in [5.41, 5.74) is 8.48. The minimum absolute atomic E-state index is 0.459. The summed E-state index contributed by atoms with van der Waals surface area (Å²) in [4.78, 5) is 0. The van der Waals surface area contributed by atoms with Crippen LogP contribution < -0.4 is 0 Å². The maximum absolute atomic E-state index is 4.36. The molecule has 0 saturated carbocycles. The Balaban J connectivity index is 2.33. The Bertz CT molecular complexity index is 824. The topological polar surface area (TPSA) is 0 Å². The molecule has 1 heteroatoms. The molecule has 1 aliphatic carbocycles. The first-order valence-electron chi connectivity index (χ1n) is 7.92. The predicted octanol–water partition coefficient (Wildman–Crippen LogP) is 7.13. The van der Waals surface area contributed by atoms with Crippen molar-refractivity contribution in [3.8, 4) is 11.1 Å². The highest BCUT2D eigenvalue weighted by atomic mass is 79.9. The minimum Gasteiger partial charge on any atom is -0.0952 e. The molecule has 1 atom stereocenters. The Morgan fingerprint density at radius 3 is 2.35 bits per heavy atom. The van der Waals surface area contributed by atoms with Crippen LogP contribution in [0.3, 0.4) is 0 Å². The lowest BCUT2D eigenvalue weighted by atomic mass is 9.83. The molecule has 0 unspecified atom stereocenters. The van der Waals surface area contributed by atoms with Gasteiger partial charge in [0.25, 0.3) is 0 Å². The normalized spacial score (nSPS) is 20.3. The van der Waals surface area contributed by atoms with Crippen molar-refractivity contribution < 1.29 is 0 Å². The van der Waals surface area contributed by atoms with Gasteiger partial charge < -0.3 is 0 Å². The molecule has 2 aromatic carbocycles. The number of allylic oxidation sites excluding steroid dienone is 4. The number of hydrogen-bond donors (Lipinski definition) is 0. The van der Waals surface area contributed by atoms with E-state index in [4.69, 9.17) is 0 Å². The van der Waals surface area contributed by atoms with Crippen molar-refractivity contribution in [3.63, 3.8) is 0 Å². The van der Waals surface area contributed by atoms with Gasteiger partial charge in [0.1, 0.15) is 0 Å². The van der Waals surface area contributed by atoms with Crippen LogP contribution in [0.5, 0.6) is 0 Å². The third-order valence-electron chi connectivity index (χ3n) is 4.66. The van der Waals surface area contributed by atoms with E-state index in [0.717, 1.165) is 16.5 Å². The Kier molecular flexibility index (Phi) is 4.41. The van der Waals surface area contributed by atoms with Gasteiger partial charge >= 0.3 is 0 Å². The molecule has 0 N–H and O–H groups in total. The summed E-state index contributed by atoms with van der Waals surface area (Å²) in [5, 5.41) is 0. The fourth-order valence-corrected chi connectivity index (χ4v) is 3.54. The molecule has 23 heavy (non-hydrogen) atoms. The lowest BCUT2D eigenvalue weighted by Crippen LogP contribution is -2.02. The van der Waals surface area contributed by atoms with Crippen LogP contribution in [0.1, 0.15) is 31.4 Å². The van der Waals surface area contributed by atoms with Crippen molar-refractivity contribution in [3.05, 3.63) is 82.9 Å². The average molecular weight is 365 g/mol. The largest absolute Gasteiger partial charge is 0.0952 e. The number of hydrogen-bond acceptors (Lipinski definition) is 0. The Morgan fingerprint density at radius 1 is 0.957 bits per heavy atom. The summed E-state index contributed by atoms with van der Waals surface area (Å²) in [6.07, 6.45) is 3.19. The van der Waals surface area contributed by atoms with E-state index in [-0.39, 0.29) is 0 Å². The zero-order valence-corrected chi connectivity index (χ0v) is 15.3. The van der Waals surface area contributed by atoms with Gasteiger partial charge in [-0.25, -0.2) is 0 Å². The maximum atomic E-state index is 4.36. The first-order valence-corrected chi connectivity index (χ1v) is 8.71. The molecule has 0 aromatic heterocycles.